The molecule has 0 amide bonds. The SMILES string of the molecule is Cc1oncc1CN1CCCC(COc2ncccn2)C1. The van der Waals surface area contributed by atoms with Gasteiger partial charge in [-0.05, 0) is 32.4 Å². The Kier molecular flexibility index (Phi) is 4.45. The summed E-state index contributed by atoms with van der Waals surface area (Å²) in [7, 11) is 0. The first-order chi connectivity index (χ1) is 10.3. The lowest BCUT2D eigenvalue weighted by Crippen LogP contribution is -2.37. The monoisotopic (exact) mass is 288 g/mol. The molecule has 2 aromatic heterocycles. The van der Waals surface area contributed by atoms with E-state index in [9.17, 15) is 0 Å². The molecule has 0 saturated carbocycles. The van der Waals surface area contributed by atoms with Crippen LogP contribution in [-0.2, 0) is 6.54 Å². The van der Waals surface area contributed by atoms with Gasteiger partial charge in [0.05, 0.1) is 12.8 Å². The smallest absolute Gasteiger partial charge is 0.316 e. The Morgan fingerprint density at radius 2 is 2.24 bits per heavy atom. The van der Waals surface area contributed by atoms with Crippen molar-refractivity contribution in [1.29, 1.82) is 0 Å². The van der Waals surface area contributed by atoms with E-state index < -0.39 is 0 Å². The Morgan fingerprint density at radius 1 is 1.38 bits per heavy atom. The third-order valence-corrected chi connectivity index (χ3v) is 3.84. The molecule has 112 valence electrons. The number of hydrogen-bond acceptors (Lipinski definition) is 6. The topological polar surface area (TPSA) is 64.3 Å². The number of aryl methyl sites for hydroxylation is 1. The molecule has 0 N–H and O–H groups in total. The zero-order valence-electron chi connectivity index (χ0n) is 12.2. The molecule has 3 heterocycles. The van der Waals surface area contributed by atoms with Crippen molar-refractivity contribution < 1.29 is 9.26 Å². The zero-order valence-corrected chi connectivity index (χ0v) is 12.2. The van der Waals surface area contributed by atoms with E-state index >= 15 is 0 Å². The molecule has 1 saturated heterocycles. The molecule has 6 heteroatoms. The summed E-state index contributed by atoms with van der Waals surface area (Å²) >= 11 is 0. The second-order valence-electron chi connectivity index (χ2n) is 5.49. The van der Waals surface area contributed by atoms with E-state index in [0.717, 1.165) is 25.4 Å². The van der Waals surface area contributed by atoms with Gasteiger partial charge in [0.25, 0.3) is 0 Å². The molecule has 0 aliphatic carbocycles. The number of nitrogens with zero attached hydrogens (tertiary/aromatic N) is 4. The summed E-state index contributed by atoms with van der Waals surface area (Å²) in [6.07, 6.45) is 7.58. The van der Waals surface area contributed by atoms with Crippen LogP contribution in [0, 0.1) is 12.8 Å². The van der Waals surface area contributed by atoms with Crippen LogP contribution in [0.4, 0.5) is 0 Å². The summed E-state index contributed by atoms with van der Waals surface area (Å²) in [6.45, 7) is 5.66. The van der Waals surface area contributed by atoms with Crippen LogP contribution in [0.15, 0.2) is 29.2 Å². The standard InChI is InChI=1S/C15H20N4O2/c1-12-14(8-18-21-12)10-19-7-2-4-13(9-19)11-20-15-16-5-3-6-17-15/h3,5-6,8,13H,2,4,7,9-11H2,1H3. The average molecular weight is 288 g/mol. The van der Waals surface area contributed by atoms with Gasteiger partial charge in [-0.2, -0.15) is 0 Å². The van der Waals surface area contributed by atoms with E-state index in [1.54, 1.807) is 18.5 Å². The van der Waals surface area contributed by atoms with E-state index in [2.05, 4.69) is 20.0 Å². The van der Waals surface area contributed by atoms with Crippen LogP contribution < -0.4 is 4.74 Å². The lowest BCUT2D eigenvalue weighted by molar-refractivity contribution is 0.120. The van der Waals surface area contributed by atoms with E-state index in [4.69, 9.17) is 9.26 Å². The normalized spacial score (nSPS) is 19.6. The minimum absolute atomic E-state index is 0.463. The van der Waals surface area contributed by atoms with Gasteiger partial charge >= 0.3 is 6.01 Å². The van der Waals surface area contributed by atoms with Gasteiger partial charge in [0.15, 0.2) is 0 Å². The Hall–Kier alpha value is -1.95. The fraction of sp³-hybridized carbons (Fsp3) is 0.533. The number of ether oxygens (including phenoxy) is 1. The maximum atomic E-state index is 5.67. The third kappa shape index (κ3) is 3.78. The van der Waals surface area contributed by atoms with Crippen molar-refractivity contribution in [3.8, 4) is 6.01 Å². The second-order valence-corrected chi connectivity index (χ2v) is 5.49. The van der Waals surface area contributed by atoms with Gasteiger partial charge in [0, 0.05) is 37.0 Å². The maximum Gasteiger partial charge on any atom is 0.316 e. The summed E-state index contributed by atoms with van der Waals surface area (Å²) in [5.41, 5.74) is 1.17. The summed E-state index contributed by atoms with van der Waals surface area (Å²) < 4.78 is 10.8. The Bertz CT molecular complexity index is 558. The molecule has 0 aromatic carbocycles. The van der Waals surface area contributed by atoms with Gasteiger partial charge in [0.1, 0.15) is 5.76 Å². The Labute approximate surface area is 124 Å². The van der Waals surface area contributed by atoms with Crippen LogP contribution in [0.1, 0.15) is 24.2 Å². The number of aromatic nitrogens is 3. The molecule has 1 unspecified atom stereocenters. The first-order valence-electron chi connectivity index (χ1n) is 7.33. The molecular formula is C15H20N4O2. The average Bonchev–Trinajstić information content (AvgIpc) is 2.92. The summed E-state index contributed by atoms with van der Waals surface area (Å²) in [4.78, 5) is 10.6. The fourth-order valence-electron chi connectivity index (χ4n) is 2.69. The van der Waals surface area contributed by atoms with E-state index in [-0.39, 0.29) is 0 Å². The fourth-order valence-corrected chi connectivity index (χ4v) is 2.69. The van der Waals surface area contributed by atoms with Crippen molar-refractivity contribution >= 4 is 0 Å². The number of rotatable bonds is 5. The van der Waals surface area contributed by atoms with Crippen molar-refractivity contribution in [1.82, 2.24) is 20.0 Å². The number of hydrogen-bond donors (Lipinski definition) is 0. The van der Waals surface area contributed by atoms with Crippen LogP contribution in [0.2, 0.25) is 0 Å². The predicted molar refractivity (Wildman–Crippen MR) is 76.8 cm³/mol. The predicted octanol–water partition coefficient (Wildman–Crippen LogP) is 2.06. The van der Waals surface area contributed by atoms with Crippen LogP contribution >= 0.6 is 0 Å². The molecule has 1 fully saturated rings. The van der Waals surface area contributed by atoms with Crippen LogP contribution in [-0.4, -0.2) is 39.7 Å². The Balaban J connectivity index is 1.50. The molecule has 6 nitrogen and oxygen atoms in total. The maximum absolute atomic E-state index is 5.67. The van der Waals surface area contributed by atoms with Crippen LogP contribution in [0.3, 0.4) is 0 Å². The van der Waals surface area contributed by atoms with Gasteiger partial charge < -0.3 is 9.26 Å². The Morgan fingerprint density at radius 3 is 3.00 bits per heavy atom. The first-order valence-corrected chi connectivity index (χ1v) is 7.33. The molecule has 1 atom stereocenters. The second kappa shape index (κ2) is 6.67. The largest absolute Gasteiger partial charge is 0.463 e. The molecule has 21 heavy (non-hydrogen) atoms. The molecule has 0 bridgehead atoms. The lowest BCUT2D eigenvalue weighted by Gasteiger charge is -2.32. The molecule has 3 rings (SSSR count). The van der Waals surface area contributed by atoms with E-state index in [1.807, 2.05) is 13.1 Å². The minimum Gasteiger partial charge on any atom is -0.463 e. The first kappa shape index (κ1) is 14.0. The summed E-state index contributed by atoms with van der Waals surface area (Å²) in [6, 6.07) is 2.25. The highest BCUT2D eigenvalue weighted by molar-refractivity contribution is 5.11. The van der Waals surface area contributed by atoms with Gasteiger partial charge in [0.2, 0.25) is 0 Å². The molecular weight excluding hydrogens is 268 g/mol. The summed E-state index contributed by atoms with van der Waals surface area (Å²) in [5, 5.41) is 3.84. The van der Waals surface area contributed by atoms with E-state index in [0.29, 0.717) is 18.5 Å². The molecule has 0 radical (unpaired) electrons. The quantitative estimate of drug-likeness (QED) is 0.839. The highest BCUT2D eigenvalue weighted by Gasteiger charge is 2.21. The van der Waals surface area contributed by atoms with Crippen LogP contribution in [0.5, 0.6) is 6.01 Å². The number of piperidine rings is 1. The molecule has 0 spiro atoms. The van der Waals surface area contributed by atoms with Crippen molar-refractivity contribution in [2.24, 2.45) is 5.92 Å². The molecule has 2 aromatic rings. The minimum atomic E-state index is 0.463. The van der Waals surface area contributed by atoms with E-state index in [1.165, 1.54) is 18.4 Å². The highest BCUT2D eigenvalue weighted by atomic mass is 16.5. The van der Waals surface area contributed by atoms with Crippen molar-refractivity contribution in [2.75, 3.05) is 19.7 Å². The van der Waals surface area contributed by atoms with Gasteiger partial charge in [-0.25, -0.2) is 9.97 Å². The lowest BCUT2D eigenvalue weighted by atomic mass is 9.98. The van der Waals surface area contributed by atoms with Gasteiger partial charge in [-0.15, -0.1) is 0 Å². The molecule has 1 aliphatic heterocycles. The molecule has 1 aliphatic rings. The third-order valence-electron chi connectivity index (χ3n) is 3.84. The van der Waals surface area contributed by atoms with Crippen LogP contribution in [0.25, 0.3) is 0 Å². The van der Waals surface area contributed by atoms with Crippen molar-refractivity contribution in [3.05, 3.63) is 36.0 Å². The highest BCUT2D eigenvalue weighted by Crippen LogP contribution is 2.20. The van der Waals surface area contributed by atoms with Crippen molar-refractivity contribution in [3.63, 3.8) is 0 Å². The van der Waals surface area contributed by atoms with Crippen molar-refractivity contribution in [2.45, 2.75) is 26.3 Å². The summed E-state index contributed by atoms with van der Waals surface area (Å²) in [5.74, 6) is 1.42. The number of likely N-dealkylation sites (tertiary alicyclic amines) is 1. The van der Waals surface area contributed by atoms with Gasteiger partial charge in [-0.1, -0.05) is 5.16 Å². The van der Waals surface area contributed by atoms with Gasteiger partial charge in [-0.3, -0.25) is 4.90 Å². The zero-order chi connectivity index (χ0) is 14.5.